The number of aromatic nitrogens is 1. The molecule has 1 aromatic heterocycles. The molecule has 21 heavy (non-hydrogen) atoms. The van der Waals surface area contributed by atoms with Gasteiger partial charge in [0, 0.05) is 11.8 Å². The average molecular weight is 303 g/mol. The number of esters is 1. The van der Waals surface area contributed by atoms with Gasteiger partial charge in [-0.3, -0.25) is 0 Å². The first-order valence-electron chi connectivity index (χ1n) is 5.99. The summed E-state index contributed by atoms with van der Waals surface area (Å²) in [6.45, 7) is 8.40. The Balaban J connectivity index is 3.15. The van der Waals surface area contributed by atoms with Crippen LogP contribution in [0.1, 0.15) is 31.9 Å². The van der Waals surface area contributed by atoms with Gasteiger partial charge in [-0.05, 0) is 26.8 Å². The van der Waals surface area contributed by atoms with Crippen LogP contribution in [0, 0.1) is 0 Å². The number of hydrogen-bond donors (Lipinski definition) is 0. The molecule has 0 aromatic carbocycles. The number of halogens is 3. The molecule has 0 unspecified atom stereocenters. The van der Waals surface area contributed by atoms with Gasteiger partial charge in [0.05, 0.1) is 12.7 Å². The van der Waals surface area contributed by atoms with Crippen LogP contribution in [0.4, 0.5) is 13.2 Å². The first-order valence-corrected chi connectivity index (χ1v) is 5.99. The highest BCUT2D eigenvalue weighted by atomic mass is 19.4. The van der Waals surface area contributed by atoms with Crippen molar-refractivity contribution in [1.29, 1.82) is 0 Å². The Hall–Kier alpha value is -2.05. The maximum atomic E-state index is 12.9. The monoisotopic (exact) mass is 303 g/mol. The van der Waals surface area contributed by atoms with Gasteiger partial charge >= 0.3 is 12.1 Å². The lowest BCUT2D eigenvalue weighted by Gasteiger charge is -2.20. The molecule has 0 spiro atoms. The molecule has 0 saturated heterocycles. The van der Waals surface area contributed by atoms with Crippen molar-refractivity contribution in [3.8, 4) is 5.88 Å². The Morgan fingerprint density at radius 3 is 2.29 bits per heavy atom. The molecular formula is C14H16F3NO3. The maximum absolute atomic E-state index is 12.9. The molecule has 7 heteroatoms. The summed E-state index contributed by atoms with van der Waals surface area (Å²) in [5.41, 5.74) is -2.12. The van der Waals surface area contributed by atoms with Crippen molar-refractivity contribution in [1.82, 2.24) is 4.98 Å². The van der Waals surface area contributed by atoms with E-state index >= 15 is 0 Å². The number of carbonyl (C=O) groups is 1. The number of ether oxygens (including phenoxy) is 2. The summed E-state index contributed by atoms with van der Waals surface area (Å²) in [5.74, 6) is -1.37. The quantitative estimate of drug-likeness (QED) is 0.634. The molecule has 4 nitrogen and oxygen atoms in total. The molecule has 0 N–H and O–H groups in total. The van der Waals surface area contributed by atoms with Crippen LogP contribution in [0.5, 0.6) is 5.88 Å². The van der Waals surface area contributed by atoms with Gasteiger partial charge in [0.15, 0.2) is 0 Å². The minimum absolute atomic E-state index is 0.0719. The van der Waals surface area contributed by atoms with Crippen LogP contribution in [-0.4, -0.2) is 23.7 Å². The van der Waals surface area contributed by atoms with E-state index in [1.54, 1.807) is 20.8 Å². The highest BCUT2D eigenvalue weighted by molar-refractivity contribution is 6.15. The average Bonchev–Trinajstić information content (AvgIpc) is 2.34. The minimum atomic E-state index is -4.65. The summed E-state index contributed by atoms with van der Waals surface area (Å²) in [6, 6.07) is 0.762. The summed E-state index contributed by atoms with van der Waals surface area (Å²) in [5, 5.41) is 0. The first-order chi connectivity index (χ1) is 9.45. The van der Waals surface area contributed by atoms with Crippen LogP contribution < -0.4 is 4.74 Å². The number of carbonyl (C=O) groups excluding carboxylic acids is 1. The zero-order chi connectivity index (χ0) is 16.4. The fourth-order valence-corrected chi connectivity index (χ4v) is 1.44. The van der Waals surface area contributed by atoms with E-state index < -0.39 is 29.2 Å². The number of methoxy groups -OCH3 is 1. The Kier molecular flexibility index (Phi) is 4.65. The SMILES string of the molecule is C=C(C(=O)OC(C)(C)C)c1cnc(OC)c(C(F)(F)F)c1. The van der Waals surface area contributed by atoms with E-state index in [-0.39, 0.29) is 11.1 Å². The molecule has 0 aliphatic rings. The van der Waals surface area contributed by atoms with Gasteiger partial charge in [-0.15, -0.1) is 0 Å². The van der Waals surface area contributed by atoms with Crippen LogP contribution in [-0.2, 0) is 15.7 Å². The molecule has 1 rings (SSSR count). The van der Waals surface area contributed by atoms with Gasteiger partial charge in [-0.2, -0.15) is 13.2 Å². The third-order valence-corrected chi connectivity index (χ3v) is 2.34. The van der Waals surface area contributed by atoms with Crippen molar-refractivity contribution < 1.29 is 27.4 Å². The van der Waals surface area contributed by atoms with Crippen molar-refractivity contribution in [3.05, 3.63) is 30.0 Å². The second-order valence-electron chi connectivity index (χ2n) is 5.26. The second-order valence-corrected chi connectivity index (χ2v) is 5.26. The number of pyridine rings is 1. The van der Waals surface area contributed by atoms with E-state index in [1.807, 2.05) is 0 Å². The molecule has 1 heterocycles. The van der Waals surface area contributed by atoms with Crippen molar-refractivity contribution in [2.45, 2.75) is 32.5 Å². The lowest BCUT2D eigenvalue weighted by molar-refractivity contribution is -0.147. The minimum Gasteiger partial charge on any atom is -0.481 e. The van der Waals surface area contributed by atoms with Crippen molar-refractivity contribution in [2.75, 3.05) is 7.11 Å². The lowest BCUT2D eigenvalue weighted by Crippen LogP contribution is -2.24. The smallest absolute Gasteiger partial charge is 0.421 e. The van der Waals surface area contributed by atoms with E-state index in [0.717, 1.165) is 19.4 Å². The maximum Gasteiger partial charge on any atom is 0.421 e. The molecule has 0 aliphatic carbocycles. The molecule has 1 aromatic rings. The summed E-state index contributed by atoms with van der Waals surface area (Å²) in [4.78, 5) is 15.4. The standard InChI is InChI=1S/C14H16F3NO3/c1-8(12(19)21-13(2,3)4)9-6-10(14(15,16)17)11(20-5)18-7-9/h6-7H,1H2,2-5H3. The molecule has 0 amide bonds. The van der Waals surface area contributed by atoms with E-state index in [4.69, 9.17) is 4.74 Å². The predicted octanol–water partition coefficient (Wildman–Crippen LogP) is 3.46. The predicted molar refractivity (Wildman–Crippen MR) is 70.7 cm³/mol. The molecule has 0 aliphatic heterocycles. The molecule has 116 valence electrons. The molecule has 0 atom stereocenters. The Bertz CT molecular complexity index is 560. The number of rotatable bonds is 3. The van der Waals surface area contributed by atoms with E-state index in [9.17, 15) is 18.0 Å². The number of hydrogen-bond acceptors (Lipinski definition) is 4. The number of nitrogens with zero attached hydrogens (tertiary/aromatic N) is 1. The zero-order valence-corrected chi connectivity index (χ0v) is 12.2. The van der Waals surface area contributed by atoms with Crippen LogP contribution in [0.2, 0.25) is 0 Å². The van der Waals surface area contributed by atoms with Crippen LogP contribution >= 0.6 is 0 Å². The lowest BCUT2D eigenvalue weighted by atomic mass is 10.1. The van der Waals surface area contributed by atoms with Crippen LogP contribution in [0.3, 0.4) is 0 Å². The van der Waals surface area contributed by atoms with Crippen LogP contribution in [0.25, 0.3) is 5.57 Å². The van der Waals surface area contributed by atoms with Crippen molar-refractivity contribution in [2.24, 2.45) is 0 Å². The Labute approximate surface area is 120 Å². The van der Waals surface area contributed by atoms with Gasteiger partial charge in [0.25, 0.3) is 0 Å². The largest absolute Gasteiger partial charge is 0.481 e. The third-order valence-electron chi connectivity index (χ3n) is 2.34. The number of alkyl halides is 3. The van der Waals surface area contributed by atoms with Gasteiger partial charge in [-0.1, -0.05) is 6.58 Å². The summed E-state index contributed by atoms with van der Waals surface area (Å²) < 4.78 is 48.3. The molecule has 0 bridgehead atoms. The first kappa shape index (κ1) is 17.0. The second kappa shape index (κ2) is 5.75. The van der Waals surface area contributed by atoms with Crippen molar-refractivity contribution >= 4 is 11.5 Å². The summed E-state index contributed by atoms with van der Waals surface area (Å²) >= 11 is 0. The van der Waals surface area contributed by atoms with Gasteiger partial charge in [-0.25, -0.2) is 9.78 Å². The van der Waals surface area contributed by atoms with E-state index in [2.05, 4.69) is 16.3 Å². The molecular weight excluding hydrogens is 287 g/mol. The van der Waals surface area contributed by atoms with Gasteiger partial charge in [0.2, 0.25) is 5.88 Å². The van der Waals surface area contributed by atoms with Crippen LogP contribution in [0.15, 0.2) is 18.8 Å². The normalized spacial score (nSPS) is 12.0. The Morgan fingerprint density at radius 2 is 1.86 bits per heavy atom. The highest BCUT2D eigenvalue weighted by Crippen LogP contribution is 2.36. The Morgan fingerprint density at radius 1 is 1.29 bits per heavy atom. The van der Waals surface area contributed by atoms with E-state index in [1.165, 1.54) is 0 Å². The van der Waals surface area contributed by atoms with Crippen molar-refractivity contribution in [3.63, 3.8) is 0 Å². The third kappa shape index (κ3) is 4.47. The summed E-state index contributed by atoms with van der Waals surface area (Å²) in [7, 11) is 1.08. The molecule has 0 radical (unpaired) electrons. The highest BCUT2D eigenvalue weighted by Gasteiger charge is 2.36. The fraction of sp³-hybridized carbons (Fsp3) is 0.429. The zero-order valence-electron chi connectivity index (χ0n) is 12.2. The fourth-order valence-electron chi connectivity index (χ4n) is 1.44. The van der Waals surface area contributed by atoms with E-state index in [0.29, 0.717) is 0 Å². The molecule has 0 saturated carbocycles. The topological polar surface area (TPSA) is 48.4 Å². The molecule has 0 fully saturated rings. The van der Waals surface area contributed by atoms with Gasteiger partial charge < -0.3 is 9.47 Å². The summed E-state index contributed by atoms with van der Waals surface area (Å²) in [6.07, 6.45) is -3.57. The van der Waals surface area contributed by atoms with Gasteiger partial charge in [0.1, 0.15) is 11.2 Å².